The number of nitrogen functional groups attached to an aromatic ring is 1. The third kappa shape index (κ3) is 3.48. The van der Waals surface area contributed by atoms with Crippen molar-refractivity contribution in [1.29, 1.82) is 0 Å². The number of rotatable bonds is 4. The van der Waals surface area contributed by atoms with Crippen molar-refractivity contribution in [3.8, 4) is 0 Å². The molecule has 1 aromatic carbocycles. The molecule has 3 heteroatoms. The Labute approximate surface area is 103 Å². The van der Waals surface area contributed by atoms with E-state index in [2.05, 4.69) is 19.2 Å². The van der Waals surface area contributed by atoms with Crippen LogP contribution in [0, 0.1) is 12.8 Å². The fourth-order valence-electron chi connectivity index (χ4n) is 1.60. The molecule has 0 fully saturated rings. The maximum atomic E-state index is 12.0. The Morgan fingerprint density at radius 3 is 2.59 bits per heavy atom. The summed E-state index contributed by atoms with van der Waals surface area (Å²) in [6.45, 7) is 8.21. The molecular weight excluding hydrogens is 212 g/mol. The van der Waals surface area contributed by atoms with Gasteiger partial charge in [0, 0.05) is 17.3 Å². The predicted octanol–water partition coefficient (Wildman–Crippen LogP) is 2.74. The van der Waals surface area contributed by atoms with Crippen LogP contribution in [0.4, 0.5) is 5.69 Å². The molecule has 3 N–H and O–H groups in total. The third-order valence-electron chi connectivity index (χ3n) is 3.39. The average Bonchev–Trinajstić information content (AvgIpc) is 2.31. The van der Waals surface area contributed by atoms with E-state index in [0.717, 1.165) is 17.7 Å². The van der Waals surface area contributed by atoms with Crippen LogP contribution in [0.1, 0.15) is 43.1 Å². The normalized spacial score (nSPS) is 14.1. The lowest BCUT2D eigenvalue weighted by molar-refractivity contribution is 0.0928. The summed E-state index contributed by atoms with van der Waals surface area (Å²) in [5.41, 5.74) is 8.06. The zero-order valence-electron chi connectivity index (χ0n) is 11.1. The molecule has 0 aliphatic carbocycles. The van der Waals surface area contributed by atoms with Gasteiger partial charge < -0.3 is 11.1 Å². The van der Waals surface area contributed by atoms with Gasteiger partial charge in [0.1, 0.15) is 0 Å². The van der Waals surface area contributed by atoms with Gasteiger partial charge in [0.05, 0.1) is 0 Å². The standard InChI is InChI=1S/C14H22N2O/c1-5-9(2)11(4)16-14(17)12-6-7-13(15)10(3)8-12/h6-9,11H,5,15H2,1-4H3,(H,16,17). The van der Waals surface area contributed by atoms with Crippen molar-refractivity contribution in [3.05, 3.63) is 29.3 Å². The lowest BCUT2D eigenvalue weighted by Gasteiger charge is -2.20. The van der Waals surface area contributed by atoms with Gasteiger partial charge in [0.15, 0.2) is 0 Å². The lowest BCUT2D eigenvalue weighted by atomic mass is 10.0. The first-order valence-electron chi connectivity index (χ1n) is 6.12. The molecule has 0 heterocycles. The van der Waals surface area contributed by atoms with Crippen molar-refractivity contribution in [1.82, 2.24) is 5.32 Å². The highest BCUT2D eigenvalue weighted by molar-refractivity contribution is 5.95. The maximum absolute atomic E-state index is 12.0. The van der Waals surface area contributed by atoms with E-state index in [-0.39, 0.29) is 11.9 Å². The highest BCUT2D eigenvalue weighted by atomic mass is 16.1. The number of benzene rings is 1. The number of nitrogens with one attached hydrogen (secondary N) is 1. The first-order chi connectivity index (χ1) is 7.95. The molecule has 3 nitrogen and oxygen atoms in total. The molecule has 0 saturated carbocycles. The highest BCUT2D eigenvalue weighted by Gasteiger charge is 2.14. The largest absolute Gasteiger partial charge is 0.399 e. The quantitative estimate of drug-likeness (QED) is 0.787. The third-order valence-corrected chi connectivity index (χ3v) is 3.39. The topological polar surface area (TPSA) is 55.1 Å². The van der Waals surface area contributed by atoms with E-state index in [0.29, 0.717) is 11.5 Å². The fourth-order valence-corrected chi connectivity index (χ4v) is 1.60. The number of carbonyl (C=O) groups is 1. The number of hydrogen-bond acceptors (Lipinski definition) is 2. The Morgan fingerprint density at radius 1 is 1.41 bits per heavy atom. The second-order valence-electron chi connectivity index (χ2n) is 4.72. The first kappa shape index (κ1) is 13.6. The smallest absolute Gasteiger partial charge is 0.251 e. The summed E-state index contributed by atoms with van der Waals surface area (Å²) in [5, 5.41) is 3.01. The molecule has 2 atom stereocenters. The first-order valence-corrected chi connectivity index (χ1v) is 6.12. The van der Waals surface area contributed by atoms with Crippen LogP contribution in [0.3, 0.4) is 0 Å². The summed E-state index contributed by atoms with van der Waals surface area (Å²) in [6.07, 6.45) is 1.06. The van der Waals surface area contributed by atoms with E-state index in [1.807, 2.05) is 19.9 Å². The van der Waals surface area contributed by atoms with Gasteiger partial charge in [0.2, 0.25) is 0 Å². The van der Waals surface area contributed by atoms with Gasteiger partial charge in [-0.2, -0.15) is 0 Å². The number of nitrogens with two attached hydrogens (primary N) is 1. The van der Waals surface area contributed by atoms with Gasteiger partial charge in [-0.1, -0.05) is 20.3 Å². The molecule has 1 aromatic rings. The molecule has 0 aliphatic rings. The molecule has 0 bridgehead atoms. The van der Waals surface area contributed by atoms with E-state index in [1.165, 1.54) is 0 Å². The van der Waals surface area contributed by atoms with Crippen LogP contribution in [-0.4, -0.2) is 11.9 Å². The van der Waals surface area contributed by atoms with Crippen LogP contribution in [0.25, 0.3) is 0 Å². The minimum Gasteiger partial charge on any atom is -0.399 e. The van der Waals surface area contributed by atoms with Crippen molar-refractivity contribution in [2.24, 2.45) is 5.92 Å². The number of amides is 1. The van der Waals surface area contributed by atoms with Crippen LogP contribution in [0.15, 0.2) is 18.2 Å². The predicted molar refractivity (Wildman–Crippen MR) is 72.0 cm³/mol. The summed E-state index contributed by atoms with van der Waals surface area (Å²) in [5.74, 6) is 0.453. The average molecular weight is 234 g/mol. The molecule has 2 unspecified atom stereocenters. The minimum atomic E-state index is -0.0269. The summed E-state index contributed by atoms with van der Waals surface area (Å²) in [6, 6.07) is 5.55. The van der Waals surface area contributed by atoms with Gasteiger partial charge in [-0.25, -0.2) is 0 Å². The van der Waals surface area contributed by atoms with Crippen molar-refractivity contribution >= 4 is 11.6 Å². The molecule has 0 radical (unpaired) electrons. The molecule has 0 spiro atoms. The van der Waals surface area contributed by atoms with Gasteiger partial charge in [-0.05, 0) is 43.5 Å². The summed E-state index contributed by atoms with van der Waals surface area (Å²) in [7, 11) is 0. The van der Waals surface area contributed by atoms with E-state index in [1.54, 1.807) is 12.1 Å². The Morgan fingerprint density at radius 2 is 2.06 bits per heavy atom. The Kier molecular flexibility index (Phi) is 4.55. The molecule has 0 aromatic heterocycles. The van der Waals surface area contributed by atoms with Gasteiger partial charge in [-0.3, -0.25) is 4.79 Å². The van der Waals surface area contributed by atoms with Gasteiger partial charge in [-0.15, -0.1) is 0 Å². The van der Waals surface area contributed by atoms with E-state index < -0.39 is 0 Å². The summed E-state index contributed by atoms with van der Waals surface area (Å²) < 4.78 is 0. The molecule has 0 saturated heterocycles. The van der Waals surface area contributed by atoms with Gasteiger partial charge >= 0.3 is 0 Å². The molecule has 94 valence electrons. The summed E-state index contributed by atoms with van der Waals surface area (Å²) >= 11 is 0. The van der Waals surface area contributed by atoms with Crippen molar-refractivity contribution in [2.75, 3.05) is 5.73 Å². The zero-order chi connectivity index (χ0) is 13.0. The number of hydrogen-bond donors (Lipinski definition) is 2. The SMILES string of the molecule is CCC(C)C(C)NC(=O)c1ccc(N)c(C)c1. The summed E-state index contributed by atoms with van der Waals surface area (Å²) in [4.78, 5) is 12.0. The Balaban J connectivity index is 2.73. The van der Waals surface area contributed by atoms with Crippen LogP contribution >= 0.6 is 0 Å². The minimum absolute atomic E-state index is 0.0269. The second-order valence-corrected chi connectivity index (χ2v) is 4.72. The number of anilines is 1. The molecule has 17 heavy (non-hydrogen) atoms. The molecule has 0 aliphatic heterocycles. The monoisotopic (exact) mass is 234 g/mol. The molecule has 1 rings (SSSR count). The maximum Gasteiger partial charge on any atom is 0.251 e. The Hall–Kier alpha value is -1.51. The number of aryl methyl sites for hydroxylation is 1. The van der Waals surface area contributed by atoms with Crippen LogP contribution in [-0.2, 0) is 0 Å². The van der Waals surface area contributed by atoms with Crippen LogP contribution < -0.4 is 11.1 Å². The van der Waals surface area contributed by atoms with E-state index >= 15 is 0 Å². The van der Waals surface area contributed by atoms with E-state index in [9.17, 15) is 4.79 Å². The molecule has 1 amide bonds. The molecular formula is C14H22N2O. The van der Waals surface area contributed by atoms with E-state index in [4.69, 9.17) is 5.73 Å². The Bertz CT molecular complexity index is 401. The van der Waals surface area contributed by atoms with Crippen LogP contribution in [0.5, 0.6) is 0 Å². The van der Waals surface area contributed by atoms with Crippen molar-refractivity contribution < 1.29 is 4.79 Å². The fraction of sp³-hybridized carbons (Fsp3) is 0.500. The lowest BCUT2D eigenvalue weighted by Crippen LogP contribution is -2.36. The highest BCUT2D eigenvalue weighted by Crippen LogP contribution is 2.13. The zero-order valence-corrected chi connectivity index (χ0v) is 11.1. The van der Waals surface area contributed by atoms with Crippen molar-refractivity contribution in [2.45, 2.75) is 40.2 Å². The van der Waals surface area contributed by atoms with Crippen LogP contribution in [0.2, 0.25) is 0 Å². The van der Waals surface area contributed by atoms with Gasteiger partial charge in [0.25, 0.3) is 5.91 Å². The second kappa shape index (κ2) is 5.71. The number of carbonyl (C=O) groups excluding carboxylic acids is 1. The van der Waals surface area contributed by atoms with Crippen molar-refractivity contribution in [3.63, 3.8) is 0 Å².